The largest absolute Gasteiger partial charge is 0.450 e. The first kappa shape index (κ1) is 21.0. The van der Waals surface area contributed by atoms with Gasteiger partial charge in [-0.05, 0) is 37.5 Å². The van der Waals surface area contributed by atoms with E-state index in [1.165, 1.54) is 12.1 Å². The number of nitrogens with zero attached hydrogens (tertiary/aromatic N) is 2. The minimum Gasteiger partial charge on any atom is -0.450 e. The molecule has 0 unspecified atom stereocenters. The van der Waals surface area contributed by atoms with Gasteiger partial charge in [0.1, 0.15) is 0 Å². The van der Waals surface area contributed by atoms with Gasteiger partial charge in [0.2, 0.25) is 10.0 Å². The van der Waals surface area contributed by atoms with E-state index in [0.717, 1.165) is 18.4 Å². The van der Waals surface area contributed by atoms with E-state index in [-0.39, 0.29) is 17.0 Å². The van der Waals surface area contributed by atoms with Crippen LogP contribution in [0.15, 0.2) is 34.2 Å². The molecule has 4 N–H and O–H groups in total. The van der Waals surface area contributed by atoms with Crippen molar-refractivity contribution in [2.24, 2.45) is 10.1 Å². The number of likely N-dealkylation sites (tertiary alicyclic amines) is 1. The number of benzene rings is 1. The van der Waals surface area contributed by atoms with E-state index < -0.39 is 10.0 Å². The molecule has 0 aromatic heterocycles. The number of hydrogen-bond acceptors (Lipinski definition) is 5. The third-order valence-electron chi connectivity index (χ3n) is 4.27. The predicted octanol–water partition coefficient (Wildman–Crippen LogP) is 0.620. The van der Waals surface area contributed by atoms with E-state index in [0.29, 0.717) is 32.2 Å². The van der Waals surface area contributed by atoms with E-state index in [1.54, 1.807) is 24.9 Å². The number of ether oxygens (including phenoxy) is 1. The van der Waals surface area contributed by atoms with Crippen LogP contribution < -0.4 is 15.8 Å². The fourth-order valence-electron chi connectivity index (χ4n) is 2.83. The molecule has 1 saturated heterocycles. The monoisotopic (exact) mass is 397 g/mol. The van der Waals surface area contributed by atoms with Gasteiger partial charge in [0.25, 0.3) is 0 Å². The number of nitrogens with one attached hydrogen (secondary N) is 2. The summed E-state index contributed by atoms with van der Waals surface area (Å²) in [7, 11) is -2.05. The molecule has 1 aromatic carbocycles. The first-order chi connectivity index (χ1) is 12.8. The lowest BCUT2D eigenvalue weighted by atomic mass is 10.1. The first-order valence-corrected chi connectivity index (χ1v) is 10.4. The van der Waals surface area contributed by atoms with Crippen LogP contribution in [-0.2, 0) is 21.3 Å². The molecule has 2 rings (SSSR count). The quantitative estimate of drug-likeness (QED) is 0.494. The lowest BCUT2D eigenvalue weighted by Gasteiger charge is -2.32. The van der Waals surface area contributed by atoms with Crippen LogP contribution in [0.25, 0.3) is 0 Å². The van der Waals surface area contributed by atoms with Gasteiger partial charge in [-0.25, -0.2) is 18.4 Å². The molecule has 150 valence electrons. The maximum atomic E-state index is 11.7. The van der Waals surface area contributed by atoms with Gasteiger partial charge in [-0.2, -0.15) is 0 Å². The average molecular weight is 398 g/mol. The Morgan fingerprint density at radius 1 is 1.37 bits per heavy atom. The highest BCUT2D eigenvalue weighted by atomic mass is 32.2. The van der Waals surface area contributed by atoms with Crippen LogP contribution in [0.2, 0.25) is 0 Å². The van der Waals surface area contributed by atoms with Gasteiger partial charge in [0, 0.05) is 32.7 Å². The molecule has 0 spiro atoms. The highest BCUT2D eigenvalue weighted by Crippen LogP contribution is 2.12. The van der Waals surface area contributed by atoms with E-state index >= 15 is 0 Å². The van der Waals surface area contributed by atoms with Gasteiger partial charge in [-0.1, -0.05) is 12.1 Å². The Bertz CT molecular complexity index is 773. The molecule has 1 aromatic rings. The van der Waals surface area contributed by atoms with Crippen molar-refractivity contribution < 1.29 is 17.9 Å². The average Bonchev–Trinajstić information content (AvgIpc) is 2.65. The number of carbonyl (C=O) groups is 1. The Hall–Kier alpha value is -2.33. The Kier molecular flexibility index (Phi) is 7.43. The van der Waals surface area contributed by atoms with Gasteiger partial charge in [-0.3, -0.25) is 4.99 Å². The van der Waals surface area contributed by atoms with E-state index in [9.17, 15) is 13.2 Å². The second-order valence-electron chi connectivity index (χ2n) is 6.22. The Morgan fingerprint density at radius 2 is 2.07 bits per heavy atom. The number of nitrogens with two attached hydrogens (primary N) is 1. The van der Waals surface area contributed by atoms with Crippen molar-refractivity contribution in [1.82, 2.24) is 15.5 Å². The lowest BCUT2D eigenvalue weighted by Crippen LogP contribution is -2.49. The van der Waals surface area contributed by atoms with Gasteiger partial charge in [-0.15, -0.1) is 0 Å². The van der Waals surface area contributed by atoms with Gasteiger partial charge < -0.3 is 20.3 Å². The van der Waals surface area contributed by atoms with E-state index in [2.05, 4.69) is 15.6 Å². The number of sulfonamides is 1. The summed E-state index contributed by atoms with van der Waals surface area (Å²) >= 11 is 0. The van der Waals surface area contributed by atoms with Crippen LogP contribution in [0.1, 0.15) is 25.3 Å². The highest BCUT2D eigenvalue weighted by Gasteiger charge is 2.24. The summed E-state index contributed by atoms with van der Waals surface area (Å²) in [5, 5.41) is 11.7. The minimum absolute atomic E-state index is 0.0797. The SMILES string of the molecule is CCOC(=O)N1CCC(NC(=NC)NCc2cccc(S(N)(=O)=O)c2)CC1. The summed E-state index contributed by atoms with van der Waals surface area (Å²) in [5.74, 6) is 0.616. The second kappa shape index (κ2) is 9.56. The smallest absolute Gasteiger partial charge is 0.409 e. The molecule has 0 aliphatic carbocycles. The van der Waals surface area contributed by atoms with E-state index in [4.69, 9.17) is 9.88 Å². The molecule has 1 heterocycles. The molecule has 0 saturated carbocycles. The number of hydrogen-bond donors (Lipinski definition) is 3. The van der Waals surface area contributed by atoms with Crippen LogP contribution in [0, 0.1) is 0 Å². The maximum Gasteiger partial charge on any atom is 0.409 e. The molecule has 0 atom stereocenters. The van der Waals surface area contributed by atoms with Crippen LogP contribution in [0.5, 0.6) is 0 Å². The van der Waals surface area contributed by atoms with Crippen molar-refractivity contribution in [2.45, 2.75) is 37.2 Å². The Balaban J connectivity index is 1.84. The predicted molar refractivity (Wildman–Crippen MR) is 103 cm³/mol. The number of amides is 1. The van der Waals surface area contributed by atoms with Gasteiger partial charge >= 0.3 is 6.09 Å². The van der Waals surface area contributed by atoms with Gasteiger partial charge in [0.15, 0.2) is 5.96 Å². The van der Waals surface area contributed by atoms with Crippen LogP contribution in [0.3, 0.4) is 0 Å². The zero-order valence-corrected chi connectivity index (χ0v) is 16.5. The number of primary sulfonamides is 1. The first-order valence-electron chi connectivity index (χ1n) is 8.84. The van der Waals surface area contributed by atoms with Crippen LogP contribution in [0.4, 0.5) is 4.79 Å². The standard InChI is InChI=1S/C17H27N5O4S/c1-3-26-17(23)22-9-7-14(8-10-22)21-16(19-2)20-12-13-5-4-6-15(11-13)27(18,24)25/h4-6,11,14H,3,7-10,12H2,1-2H3,(H2,18,24,25)(H2,19,20,21). The van der Waals surface area contributed by atoms with Crippen molar-refractivity contribution in [3.8, 4) is 0 Å². The molecular weight excluding hydrogens is 370 g/mol. The summed E-state index contributed by atoms with van der Waals surface area (Å²) in [6.07, 6.45) is 1.31. The molecule has 1 aliphatic rings. The van der Waals surface area contributed by atoms with Crippen molar-refractivity contribution in [1.29, 1.82) is 0 Å². The lowest BCUT2D eigenvalue weighted by molar-refractivity contribution is 0.0963. The zero-order valence-electron chi connectivity index (χ0n) is 15.6. The molecule has 0 bridgehead atoms. The Morgan fingerprint density at radius 3 is 2.67 bits per heavy atom. The van der Waals surface area contributed by atoms with E-state index in [1.807, 2.05) is 6.07 Å². The van der Waals surface area contributed by atoms with Gasteiger partial charge in [0.05, 0.1) is 11.5 Å². The number of guanidine groups is 1. The number of aliphatic imine (C=N–C) groups is 1. The molecule has 1 fully saturated rings. The summed E-state index contributed by atoms with van der Waals surface area (Å²) in [4.78, 5) is 17.7. The topological polar surface area (TPSA) is 126 Å². The zero-order chi connectivity index (χ0) is 19.9. The van der Waals surface area contributed by atoms with Crippen molar-refractivity contribution in [3.63, 3.8) is 0 Å². The summed E-state index contributed by atoms with van der Waals surface area (Å²) in [5.41, 5.74) is 0.779. The molecule has 1 aliphatic heterocycles. The molecule has 27 heavy (non-hydrogen) atoms. The normalized spacial score (nSPS) is 16.1. The summed E-state index contributed by atoms with van der Waals surface area (Å²) < 4.78 is 27.9. The maximum absolute atomic E-state index is 11.7. The summed E-state index contributed by atoms with van der Waals surface area (Å²) in [6, 6.07) is 6.65. The van der Waals surface area contributed by atoms with Crippen molar-refractivity contribution >= 4 is 22.1 Å². The fraction of sp³-hybridized carbons (Fsp3) is 0.529. The Labute approximate surface area is 160 Å². The third kappa shape index (κ3) is 6.40. The molecule has 0 radical (unpaired) electrons. The van der Waals surface area contributed by atoms with Crippen LogP contribution >= 0.6 is 0 Å². The number of piperidine rings is 1. The second-order valence-corrected chi connectivity index (χ2v) is 7.78. The van der Waals surface area contributed by atoms with Crippen molar-refractivity contribution in [2.75, 3.05) is 26.7 Å². The third-order valence-corrected chi connectivity index (χ3v) is 5.18. The van der Waals surface area contributed by atoms with Crippen LogP contribution in [-0.4, -0.2) is 58.2 Å². The number of rotatable bonds is 5. The molecule has 1 amide bonds. The molecule has 10 heteroatoms. The molecular formula is C17H27N5O4S. The molecule has 9 nitrogen and oxygen atoms in total. The fourth-order valence-corrected chi connectivity index (χ4v) is 3.41. The van der Waals surface area contributed by atoms with Crippen molar-refractivity contribution in [3.05, 3.63) is 29.8 Å². The number of carbonyl (C=O) groups excluding carboxylic acids is 1. The highest BCUT2D eigenvalue weighted by molar-refractivity contribution is 7.89. The minimum atomic E-state index is -3.72. The summed E-state index contributed by atoms with van der Waals surface area (Å²) in [6.45, 7) is 3.83.